The first-order valence-corrected chi connectivity index (χ1v) is 7.71. The summed E-state index contributed by atoms with van der Waals surface area (Å²) in [7, 11) is 0. The Hall–Kier alpha value is -1.65. The fourth-order valence-corrected chi connectivity index (χ4v) is 2.47. The van der Waals surface area contributed by atoms with Crippen molar-refractivity contribution in [3.63, 3.8) is 0 Å². The molecule has 2 aromatic carbocycles. The van der Waals surface area contributed by atoms with E-state index < -0.39 is 0 Å². The Morgan fingerprint density at radius 2 is 1.81 bits per heavy atom. The van der Waals surface area contributed by atoms with Gasteiger partial charge in [-0.1, -0.05) is 46.3 Å². The van der Waals surface area contributed by atoms with Crippen LogP contribution in [0.2, 0.25) is 0 Å². The second-order valence-corrected chi connectivity index (χ2v) is 5.91. The third-order valence-electron chi connectivity index (χ3n) is 3.35. The van der Waals surface area contributed by atoms with E-state index in [1.165, 1.54) is 5.56 Å². The third kappa shape index (κ3) is 4.41. The minimum Gasteiger partial charge on any atom is -0.348 e. The topological polar surface area (TPSA) is 55.1 Å². The van der Waals surface area contributed by atoms with Gasteiger partial charge in [-0.05, 0) is 48.7 Å². The Kier molecular flexibility index (Phi) is 5.53. The standard InChI is InChI=1S/C17H19BrN2O/c1-12-2-7-15(18)10-16(12)17(21)20-11-14-5-3-13(4-6-14)8-9-19/h2-7,10H,8-9,11,19H2,1H3,(H,20,21). The van der Waals surface area contributed by atoms with Gasteiger partial charge in [-0.2, -0.15) is 0 Å². The molecule has 0 saturated heterocycles. The molecule has 0 aliphatic heterocycles. The lowest BCUT2D eigenvalue weighted by molar-refractivity contribution is 0.0950. The number of aryl methyl sites for hydroxylation is 1. The maximum Gasteiger partial charge on any atom is 0.251 e. The molecule has 0 fully saturated rings. The van der Waals surface area contributed by atoms with Gasteiger partial charge in [0.25, 0.3) is 5.91 Å². The molecule has 1 amide bonds. The summed E-state index contributed by atoms with van der Waals surface area (Å²) in [5.41, 5.74) is 9.49. The van der Waals surface area contributed by atoms with Crippen LogP contribution in [-0.2, 0) is 13.0 Å². The average molecular weight is 347 g/mol. The summed E-state index contributed by atoms with van der Waals surface area (Å²) >= 11 is 3.39. The van der Waals surface area contributed by atoms with Gasteiger partial charge in [-0.15, -0.1) is 0 Å². The van der Waals surface area contributed by atoms with Crippen molar-refractivity contribution in [1.29, 1.82) is 0 Å². The van der Waals surface area contributed by atoms with E-state index in [2.05, 4.69) is 33.4 Å². The van der Waals surface area contributed by atoms with Gasteiger partial charge in [0, 0.05) is 16.6 Å². The zero-order valence-electron chi connectivity index (χ0n) is 12.0. The van der Waals surface area contributed by atoms with Crippen molar-refractivity contribution in [3.05, 3.63) is 69.2 Å². The predicted molar refractivity (Wildman–Crippen MR) is 89.2 cm³/mol. The van der Waals surface area contributed by atoms with E-state index in [0.29, 0.717) is 18.7 Å². The molecule has 0 aromatic heterocycles. The highest BCUT2D eigenvalue weighted by atomic mass is 79.9. The highest BCUT2D eigenvalue weighted by molar-refractivity contribution is 9.10. The number of rotatable bonds is 5. The second kappa shape index (κ2) is 7.38. The van der Waals surface area contributed by atoms with E-state index in [9.17, 15) is 4.79 Å². The molecule has 21 heavy (non-hydrogen) atoms. The summed E-state index contributed by atoms with van der Waals surface area (Å²) in [6.07, 6.45) is 0.879. The number of hydrogen-bond donors (Lipinski definition) is 2. The Balaban J connectivity index is 1.99. The van der Waals surface area contributed by atoms with Crippen LogP contribution >= 0.6 is 15.9 Å². The lowest BCUT2D eigenvalue weighted by atomic mass is 10.1. The molecule has 3 N–H and O–H groups in total. The zero-order chi connectivity index (χ0) is 15.2. The van der Waals surface area contributed by atoms with Gasteiger partial charge >= 0.3 is 0 Å². The molecule has 0 heterocycles. The molecular formula is C17H19BrN2O. The van der Waals surface area contributed by atoms with E-state index >= 15 is 0 Å². The fourth-order valence-electron chi connectivity index (χ4n) is 2.11. The van der Waals surface area contributed by atoms with Gasteiger partial charge < -0.3 is 11.1 Å². The van der Waals surface area contributed by atoms with Crippen LogP contribution in [0.15, 0.2) is 46.9 Å². The van der Waals surface area contributed by atoms with Crippen LogP contribution in [0.5, 0.6) is 0 Å². The summed E-state index contributed by atoms with van der Waals surface area (Å²) in [5, 5.41) is 2.95. The molecule has 0 radical (unpaired) electrons. The number of amides is 1. The van der Waals surface area contributed by atoms with Crippen LogP contribution in [0.3, 0.4) is 0 Å². The van der Waals surface area contributed by atoms with E-state index in [-0.39, 0.29) is 5.91 Å². The predicted octanol–water partition coefficient (Wildman–Crippen LogP) is 3.19. The average Bonchev–Trinajstić information content (AvgIpc) is 2.49. The summed E-state index contributed by atoms with van der Waals surface area (Å²) in [6, 6.07) is 13.9. The molecule has 2 rings (SSSR count). The zero-order valence-corrected chi connectivity index (χ0v) is 13.6. The number of carbonyl (C=O) groups is 1. The van der Waals surface area contributed by atoms with Crippen LogP contribution in [0.1, 0.15) is 27.0 Å². The molecule has 0 saturated carbocycles. The van der Waals surface area contributed by atoms with Crippen LogP contribution in [0, 0.1) is 6.92 Å². The SMILES string of the molecule is Cc1ccc(Br)cc1C(=O)NCc1ccc(CCN)cc1. The Morgan fingerprint density at radius 3 is 2.48 bits per heavy atom. The van der Waals surface area contributed by atoms with Crippen molar-refractivity contribution < 1.29 is 4.79 Å². The monoisotopic (exact) mass is 346 g/mol. The highest BCUT2D eigenvalue weighted by Crippen LogP contribution is 2.16. The van der Waals surface area contributed by atoms with Gasteiger partial charge in [0.1, 0.15) is 0 Å². The Bertz CT molecular complexity index is 623. The maximum absolute atomic E-state index is 12.2. The summed E-state index contributed by atoms with van der Waals surface area (Å²) < 4.78 is 0.907. The van der Waals surface area contributed by atoms with E-state index in [0.717, 1.165) is 22.0 Å². The van der Waals surface area contributed by atoms with Crippen molar-refractivity contribution in [1.82, 2.24) is 5.32 Å². The van der Waals surface area contributed by atoms with Crippen molar-refractivity contribution in [2.24, 2.45) is 5.73 Å². The first-order valence-electron chi connectivity index (χ1n) is 6.92. The van der Waals surface area contributed by atoms with Gasteiger partial charge in [0.05, 0.1) is 0 Å². The molecule has 3 nitrogen and oxygen atoms in total. The molecule has 0 aliphatic carbocycles. The molecule has 0 bridgehead atoms. The lowest BCUT2D eigenvalue weighted by Crippen LogP contribution is -2.23. The van der Waals surface area contributed by atoms with Gasteiger partial charge in [-0.3, -0.25) is 4.79 Å². The number of nitrogens with two attached hydrogens (primary N) is 1. The third-order valence-corrected chi connectivity index (χ3v) is 3.85. The molecule has 0 spiro atoms. The number of halogens is 1. The molecule has 0 aliphatic rings. The van der Waals surface area contributed by atoms with Crippen LogP contribution in [-0.4, -0.2) is 12.5 Å². The van der Waals surface area contributed by atoms with Crippen molar-refractivity contribution in [3.8, 4) is 0 Å². The molecule has 4 heteroatoms. The van der Waals surface area contributed by atoms with Gasteiger partial charge in [0.15, 0.2) is 0 Å². The molecule has 2 aromatic rings. The number of benzene rings is 2. The second-order valence-electron chi connectivity index (χ2n) is 5.00. The normalized spacial score (nSPS) is 10.4. The minimum atomic E-state index is -0.0557. The number of nitrogens with one attached hydrogen (secondary N) is 1. The van der Waals surface area contributed by atoms with E-state index in [1.54, 1.807) is 0 Å². The summed E-state index contributed by atoms with van der Waals surface area (Å²) in [5.74, 6) is -0.0557. The Morgan fingerprint density at radius 1 is 1.14 bits per heavy atom. The lowest BCUT2D eigenvalue weighted by Gasteiger charge is -2.09. The van der Waals surface area contributed by atoms with Gasteiger partial charge in [0.2, 0.25) is 0 Å². The smallest absolute Gasteiger partial charge is 0.251 e. The highest BCUT2D eigenvalue weighted by Gasteiger charge is 2.09. The Labute approximate surface area is 133 Å². The maximum atomic E-state index is 12.2. The van der Waals surface area contributed by atoms with Crippen LogP contribution in [0.4, 0.5) is 0 Å². The minimum absolute atomic E-state index is 0.0557. The van der Waals surface area contributed by atoms with E-state index in [4.69, 9.17) is 5.73 Å². The molecular weight excluding hydrogens is 328 g/mol. The summed E-state index contributed by atoms with van der Waals surface area (Å²) in [4.78, 5) is 12.2. The van der Waals surface area contributed by atoms with Crippen molar-refractivity contribution in [2.75, 3.05) is 6.54 Å². The first kappa shape index (κ1) is 15.7. The van der Waals surface area contributed by atoms with Gasteiger partial charge in [-0.25, -0.2) is 0 Å². The molecule has 0 atom stereocenters. The fraction of sp³-hybridized carbons (Fsp3) is 0.235. The largest absolute Gasteiger partial charge is 0.348 e. The number of hydrogen-bond acceptors (Lipinski definition) is 2. The van der Waals surface area contributed by atoms with Crippen molar-refractivity contribution >= 4 is 21.8 Å². The molecule has 0 unspecified atom stereocenters. The number of carbonyl (C=O) groups excluding carboxylic acids is 1. The first-order chi connectivity index (χ1) is 10.1. The quantitative estimate of drug-likeness (QED) is 0.873. The van der Waals surface area contributed by atoms with Crippen LogP contribution < -0.4 is 11.1 Å². The van der Waals surface area contributed by atoms with E-state index in [1.807, 2.05) is 37.3 Å². The van der Waals surface area contributed by atoms with Crippen LogP contribution in [0.25, 0.3) is 0 Å². The summed E-state index contributed by atoms with van der Waals surface area (Å²) in [6.45, 7) is 3.11. The van der Waals surface area contributed by atoms with Crippen molar-refractivity contribution in [2.45, 2.75) is 19.9 Å². The molecule has 110 valence electrons.